The predicted octanol–water partition coefficient (Wildman–Crippen LogP) is 4.49. The van der Waals surface area contributed by atoms with E-state index in [1.807, 2.05) is 48.7 Å². The SMILES string of the molecule is Cc1ccc2c(CCNC(=O)NCc3ccc(OCc4ccccn4)cc3)c[nH]c2c1. The number of fused-ring (bicyclic) bond motifs is 1. The summed E-state index contributed by atoms with van der Waals surface area (Å²) in [4.78, 5) is 19.7. The zero-order valence-electron chi connectivity index (χ0n) is 17.5. The molecule has 0 bridgehead atoms. The van der Waals surface area contributed by atoms with E-state index in [0.29, 0.717) is 19.7 Å². The second kappa shape index (κ2) is 9.80. The number of amides is 2. The molecule has 0 atom stereocenters. The van der Waals surface area contributed by atoms with Crippen LogP contribution in [0.1, 0.15) is 22.4 Å². The summed E-state index contributed by atoms with van der Waals surface area (Å²) < 4.78 is 5.73. The number of aromatic amines is 1. The Morgan fingerprint density at radius 1 is 1.06 bits per heavy atom. The van der Waals surface area contributed by atoms with Gasteiger partial charge in [-0.1, -0.05) is 30.3 Å². The molecule has 6 nitrogen and oxygen atoms in total. The molecule has 0 saturated heterocycles. The van der Waals surface area contributed by atoms with Gasteiger partial charge in [-0.2, -0.15) is 0 Å². The molecule has 0 aliphatic heterocycles. The summed E-state index contributed by atoms with van der Waals surface area (Å²) in [7, 11) is 0. The van der Waals surface area contributed by atoms with Crippen LogP contribution in [0.25, 0.3) is 10.9 Å². The second-order valence-corrected chi connectivity index (χ2v) is 7.48. The highest BCUT2D eigenvalue weighted by molar-refractivity contribution is 5.83. The topological polar surface area (TPSA) is 79.0 Å². The number of benzene rings is 2. The van der Waals surface area contributed by atoms with Crippen LogP contribution in [0.3, 0.4) is 0 Å². The van der Waals surface area contributed by atoms with Crippen LogP contribution in [0, 0.1) is 6.92 Å². The van der Waals surface area contributed by atoms with E-state index in [0.717, 1.165) is 28.9 Å². The number of aryl methyl sites for hydroxylation is 1. The van der Waals surface area contributed by atoms with Gasteiger partial charge in [-0.05, 0) is 60.4 Å². The molecule has 0 spiro atoms. The largest absolute Gasteiger partial charge is 0.487 e. The number of H-pyrrole nitrogens is 1. The molecule has 4 aromatic rings. The molecule has 4 rings (SSSR count). The molecule has 158 valence electrons. The summed E-state index contributed by atoms with van der Waals surface area (Å²) in [5.74, 6) is 0.771. The van der Waals surface area contributed by atoms with Crippen molar-refractivity contribution in [2.75, 3.05) is 6.54 Å². The monoisotopic (exact) mass is 414 g/mol. The summed E-state index contributed by atoms with van der Waals surface area (Å²) in [6.45, 7) is 3.54. The maximum absolute atomic E-state index is 12.1. The van der Waals surface area contributed by atoms with Crippen molar-refractivity contribution in [3.63, 3.8) is 0 Å². The first-order valence-electron chi connectivity index (χ1n) is 10.4. The number of pyridine rings is 1. The van der Waals surface area contributed by atoms with E-state index in [2.05, 4.69) is 45.7 Å². The van der Waals surface area contributed by atoms with E-state index < -0.39 is 0 Å². The lowest BCUT2D eigenvalue weighted by Gasteiger charge is -2.09. The molecule has 0 radical (unpaired) electrons. The molecule has 2 aromatic carbocycles. The molecule has 0 fully saturated rings. The molecule has 31 heavy (non-hydrogen) atoms. The van der Waals surface area contributed by atoms with Crippen molar-refractivity contribution in [3.05, 3.63) is 95.4 Å². The number of carbonyl (C=O) groups excluding carboxylic acids is 1. The summed E-state index contributed by atoms with van der Waals surface area (Å²) in [5.41, 5.74) is 5.45. The number of hydrogen-bond acceptors (Lipinski definition) is 3. The maximum Gasteiger partial charge on any atom is 0.315 e. The molecule has 2 heterocycles. The Labute approximate surface area is 181 Å². The van der Waals surface area contributed by atoms with E-state index in [4.69, 9.17) is 4.74 Å². The van der Waals surface area contributed by atoms with Crippen LogP contribution in [-0.2, 0) is 19.6 Å². The number of carbonyl (C=O) groups is 1. The molecule has 2 amide bonds. The van der Waals surface area contributed by atoms with E-state index in [1.165, 1.54) is 16.5 Å². The fourth-order valence-electron chi connectivity index (χ4n) is 3.41. The first-order chi connectivity index (χ1) is 15.2. The zero-order chi connectivity index (χ0) is 21.5. The van der Waals surface area contributed by atoms with Gasteiger partial charge in [0.2, 0.25) is 0 Å². The number of rotatable bonds is 8. The highest BCUT2D eigenvalue weighted by Gasteiger charge is 2.05. The number of nitrogens with one attached hydrogen (secondary N) is 3. The second-order valence-electron chi connectivity index (χ2n) is 7.48. The third-order valence-corrected chi connectivity index (χ3v) is 5.09. The molecule has 0 unspecified atom stereocenters. The van der Waals surface area contributed by atoms with E-state index in [9.17, 15) is 4.79 Å². The van der Waals surface area contributed by atoms with Crippen LogP contribution >= 0.6 is 0 Å². The maximum atomic E-state index is 12.1. The van der Waals surface area contributed by atoms with E-state index in [1.54, 1.807) is 6.20 Å². The quantitative estimate of drug-likeness (QED) is 0.397. The van der Waals surface area contributed by atoms with Gasteiger partial charge >= 0.3 is 6.03 Å². The van der Waals surface area contributed by atoms with E-state index >= 15 is 0 Å². The van der Waals surface area contributed by atoms with Crippen LogP contribution in [0.2, 0.25) is 0 Å². The van der Waals surface area contributed by atoms with Gasteiger partial charge < -0.3 is 20.4 Å². The Morgan fingerprint density at radius 2 is 1.94 bits per heavy atom. The summed E-state index contributed by atoms with van der Waals surface area (Å²) in [6.07, 6.45) is 4.54. The highest BCUT2D eigenvalue weighted by Crippen LogP contribution is 2.19. The van der Waals surface area contributed by atoms with Gasteiger partial charge in [0.1, 0.15) is 12.4 Å². The molecule has 6 heteroatoms. The summed E-state index contributed by atoms with van der Waals surface area (Å²) in [5, 5.41) is 7.02. The standard InChI is InChI=1S/C25H26N4O2/c1-18-5-10-23-20(16-28-24(23)14-18)11-13-27-25(30)29-15-19-6-8-22(9-7-19)31-17-21-4-2-3-12-26-21/h2-10,12,14,16,28H,11,13,15,17H2,1H3,(H2,27,29,30). The normalized spacial score (nSPS) is 10.7. The minimum atomic E-state index is -0.175. The van der Waals surface area contributed by atoms with Crippen molar-refractivity contribution in [1.82, 2.24) is 20.6 Å². The van der Waals surface area contributed by atoms with Crippen molar-refractivity contribution < 1.29 is 9.53 Å². The Bertz CT molecular complexity index is 1140. The average molecular weight is 415 g/mol. The van der Waals surface area contributed by atoms with Crippen LogP contribution in [-0.4, -0.2) is 22.5 Å². The highest BCUT2D eigenvalue weighted by atomic mass is 16.5. The van der Waals surface area contributed by atoms with Gasteiger partial charge in [0.25, 0.3) is 0 Å². The first kappa shape index (κ1) is 20.5. The number of hydrogen-bond donors (Lipinski definition) is 3. The lowest BCUT2D eigenvalue weighted by molar-refractivity contribution is 0.240. The number of aromatic nitrogens is 2. The Morgan fingerprint density at radius 3 is 2.74 bits per heavy atom. The number of ether oxygens (including phenoxy) is 1. The van der Waals surface area contributed by atoms with Crippen molar-refractivity contribution in [2.24, 2.45) is 0 Å². The Balaban J connectivity index is 1.19. The average Bonchev–Trinajstić information content (AvgIpc) is 3.19. The lowest BCUT2D eigenvalue weighted by Crippen LogP contribution is -2.36. The number of urea groups is 1. The van der Waals surface area contributed by atoms with Crippen molar-refractivity contribution in [3.8, 4) is 5.75 Å². The fraction of sp³-hybridized carbons (Fsp3) is 0.200. The smallest absolute Gasteiger partial charge is 0.315 e. The van der Waals surface area contributed by atoms with Crippen molar-refractivity contribution in [1.29, 1.82) is 0 Å². The lowest BCUT2D eigenvalue weighted by atomic mass is 10.1. The third kappa shape index (κ3) is 5.63. The molecule has 0 saturated carbocycles. The third-order valence-electron chi connectivity index (χ3n) is 5.09. The molecule has 0 aliphatic carbocycles. The van der Waals surface area contributed by atoms with E-state index in [-0.39, 0.29) is 6.03 Å². The van der Waals surface area contributed by atoms with Crippen LogP contribution < -0.4 is 15.4 Å². The minimum absolute atomic E-state index is 0.175. The van der Waals surface area contributed by atoms with Gasteiger partial charge in [-0.25, -0.2) is 4.79 Å². The Hall–Kier alpha value is -3.80. The van der Waals surface area contributed by atoms with Gasteiger partial charge in [0.05, 0.1) is 5.69 Å². The van der Waals surface area contributed by atoms with Crippen LogP contribution in [0.15, 0.2) is 73.1 Å². The molecular weight excluding hydrogens is 388 g/mol. The van der Waals surface area contributed by atoms with Gasteiger partial charge in [0.15, 0.2) is 0 Å². The minimum Gasteiger partial charge on any atom is -0.487 e. The fourth-order valence-corrected chi connectivity index (χ4v) is 3.41. The Kier molecular flexibility index (Phi) is 6.47. The van der Waals surface area contributed by atoms with Gasteiger partial charge in [0, 0.05) is 36.4 Å². The number of nitrogens with zero attached hydrogens (tertiary/aromatic N) is 1. The van der Waals surface area contributed by atoms with Gasteiger partial charge in [-0.15, -0.1) is 0 Å². The van der Waals surface area contributed by atoms with Crippen molar-refractivity contribution >= 4 is 16.9 Å². The summed E-state index contributed by atoms with van der Waals surface area (Å²) >= 11 is 0. The molecule has 2 aromatic heterocycles. The van der Waals surface area contributed by atoms with Crippen LogP contribution in [0.4, 0.5) is 4.79 Å². The van der Waals surface area contributed by atoms with Crippen LogP contribution in [0.5, 0.6) is 5.75 Å². The summed E-state index contributed by atoms with van der Waals surface area (Å²) in [6, 6.07) is 19.6. The molecule has 0 aliphatic rings. The van der Waals surface area contributed by atoms with Crippen molar-refractivity contribution in [2.45, 2.75) is 26.5 Å². The predicted molar refractivity (Wildman–Crippen MR) is 122 cm³/mol. The molecule has 3 N–H and O–H groups in total. The zero-order valence-corrected chi connectivity index (χ0v) is 17.5. The van der Waals surface area contributed by atoms with Gasteiger partial charge in [-0.3, -0.25) is 4.98 Å². The first-order valence-corrected chi connectivity index (χ1v) is 10.4. The molecular formula is C25H26N4O2.